The zero-order valence-electron chi connectivity index (χ0n) is 14.3. The molecule has 0 heterocycles. The van der Waals surface area contributed by atoms with Crippen LogP contribution in [0.1, 0.15) is 17.3 Å². The number of esters is 1. The van der Waals surface area contributed by atoms with Crippen molar-refractivity contribution in [3.8, 4) is 11.5 Å². The Morgan fingerprint density at radius 2 is 1.62 bits per heavy atom. The fourth-order valence-electron chi connectivity index (χ4n) is 2.12. The number of hydrogen-bond donors (Lipinski definition) is 1. The number of anilines is 1. The number of benzene rings is 2. The Balaban J connectivity index is 2.07. The summed E-state index contributed by atoms with van der Waals surface area (Å²) in [7, 11) is 3.00. The monoisotopic (exact) mass is 397 g/mol. The van der Waals surface area contributed by atoms with Gasteiger partial charge in [0.05, 0.1) is 29.8 Å². The molecule has 2 aromatic rings. The third-order valence-electron chi connectivity index (χ3n) is 3.47. The summed E-state index contributed by atoms with van der Waals surface area (Å²) in [5.74, 6) is -0.319. The molecular weight excluding hydrogens is 381 g/mol. The molecule has 0 aromatic heterocycles. The molecule has 1 atom stereocenters. The minimum absolute atomic E-state index is 0.0154. The van der Waals surface area contributed by atoms with Gasteiger partial charge in [-0.3, -0.25) is 4.79 Å². The Kier molecular flexibility index (Phi) is 6.71. The van der Waals surface area contributed by atoms with Crippen molar-refractivity contribution in [2.24, 2.45) is 0 Å². The molecule has 0 radical (unpaired) electrons. The summed E-state index contributed by atoms with van der Waals surface area (Å²) in [6.45, 7) is 1.44. The van der Waals surface area contributed by atoms with E-state index in [0.29, 0.717) is 17.2 Å². The first-order chi connectivity index (χ1) is 12.4. The van der Waals surface area contributed by atoms with E-state index in [0.717, 1.165) is 0 Å². The number of amides is 1. The number of halogens is 2. The van der Waals surface area contributed by atoms with Crippen molar-refractivity contribution in [1.29, 1.82) is 0 Å². The second kappa shape index (κ2) is 8.78. The maximum absolute atomic E-state index is 12.3. The standard InChI is InChI=1S/C18H17Cl2NO5/c1-10(26-18(23)16-12(19)5-4-6-13(16)20)17(22)21-11-7-8-14(24-2)15(9-11)25-3/h4-10H,1-3H3,(H,21,22). The van der Waals surface area contributed by atoms with Gasteiger partial charge in [0.2, 0.25) is 0 Å². The van der Waals surface area contributed by atoms with E-state index in [2.05, 4.69) is 5.32 Å². The van der Waals surface area contributed by atoms with Gasteiger partial charge in [-0.05, 0) is 31.2 Å². The van der Waals surface area contributed by atoms with Crippen LogP contribution in [0.5, 0.6) is 11.5 Å². The highest BCUT2D eigenvalue weighted by molar-refractivity contribution is 6.39. The fourth-order valence-corrected chi connectivity index (χ4v) is 2.68. The third kappa shape index (κ3) is 4.59. The molecule has 1 N–H and O–H groups in total. The number of hydrogen-bond acceptors (Lipinski definition) is 5. The van der Waals surface area contributed by atoms with E-state index in [1.54, 1.807) is 24.3 Å². The Bertz CT molecular complexity index is 805. The van der Waals surface area contributed by atoms with Crippen LogP contribution in [-0.4, -0.2) is 32.2 Å². The molecule has 1 amide bonds. The molecule has 8 heteroatoms. The van der Waals surface area contributed by atoms with Crippen LogP contribution in [0.25, 0.3) is 0 Å². The highest BCUT2D eigenvalue weighted by atomic mass is 35.5. The van der Waals surface area contributed by atoms with Crippen LogP contribution >= 0.6 is 23.2 Å². The Morgan fingerprint density at radius 3 is 2.19 bits per heavy atom. The minimum Gasteiger partial charge on any atom is -0.493 e. The molecule has 0 fully saturated rings. The first-order valence-corrected chi connectivity index (χ1v) is 8.30. The summed E-state index contributed by atoms with van der Waals surface area (Å²) >= 11 is 11.9. The number of carbonyl (C=O) groups excluding carboxylic acids is 2. The normalized spacial score (nSPS) is 11.4. The van der Waals surface area contributed by atoms with Crippen molar-refractivity contribution >= 4 is 40.8 Å². The van der Waals surface area contributed by atoms with Gasteiger partial charge in [0.1, 0.15) is 0 Å². The maximum atomic E-state index is 12.3. The predicted molar refractivity (Wildman–Crippen MR) is 99.5 cm³/mol. The first-order valence-electron chi connectivity index (χ1n) is 7.55. The SMILES string of the molecule is COc1ccc(NC(=O)C(C)OC(=O)c2c(Cl)cccc2Cl)cc1OC. The van der Waals surface area contributed by atoms with Crippen LogP contribution in [-0.2, 0) is 9.53 Å². The molecule has 0 aliphatic heterocycles. The summed E-state index contributed by atoms with van der Waals surface area (Å²) in [5.41, 5.74) is 0.480. The average molecular weight is 398 g/mol. The number of nitrogens with one attached hydrogen (secondary N) is 1. The van der Waals surface area contributed by atoms with Crippen molar-refractivity contribution in [3.05, 3.63) is 52.0 Å². The molecule has 2 aromatic carbocycles. The van der Waals surface area contributed by atoms with E-state index in [-0.39, 0.29) is 15.6 Å². The van der Waals surface area contributed by atoms with Crippen LogP contribution in [0.3, 0.4) is 0 Å². The molecule has 0 spiro atoms. The molecule has 0 aliphatic carbocycles. The lowest BCUT2D eigenvalue weighted by Gasteiger charge is -2.15. The van der Waals surface area contributed by atoms with Crippen LogP contribution in [0.4, 0.5) is 5.69 Å². The lowest BCUT2D eigenvalue weighted by molar-refractivity contribution is -0.123. The van der Waals surface area contributed by atoms with Gasteiger partial charge in [-0.1, -0.05) is 29.3 Å². The molecule has 26 heavy (non-hydrogen) atoms. The smallest absolute Gasteiger partial charge is 0.341 e. The second-order valence-corrected chi connectivity index (χ2v) is 6.02. The lowest BCUT2D eigenvalue weighted by atomic mass is 10.2. The van der Waals surface area contributed by atoms with Crippen LogP contribution in [0.15, 0.2) is 36.4 Å². The fraction of sp³-hybridized carbons (Fsp3) is 0.222. The second-order valence-electron chi connectivity index (χ2n) is 5.20. The number of ether oxygens (including phenoxy) is 3. The summed E-state index contributed by atoms with van der Waals surface area (Å²) in [5, 5.41) is 2.93. The maximum Gasteiger partial charge on any atom is 0.341 e. The van der Waals surface area contributed by atoms with Gasteiger partial charge in [-0.15, -0.1) is 0 Å². The van der Waals surface area contributed by atoms with Crippen molar-refractivity contribution in [2.75, 3.05) is 19.5 Å². The summed E-state index contributed by atoms with van der Waals surface area (Å²) in [4.78, 5) is 24.5. The molecule has 0 bridgehead atoms. The zero-order valence-corrected chi connectivity index (χ0v) is 15.9. The largest absolute Gasteiger partial charge is 0.493 e. The number of methoxy groups -OCH3 is 2. The summed E-state index contributed by atoms with van der Waals surface area (Å²) in [6.07, 6.45) is -1.07. The van der Waals surface area contributed by atoms with Gasteiger partial charge < -0.3 is 19.5 Å². The van der Waals surface area contributed by atoms with E-state index < -0.39 is 18.0 Å². The predicted octanol–water partition coefficient (Wildman–Crippen LogP) is 4.19. The van der Waals surface area contributed by atoms with Gasteiger partial charge in [-0.2, -0.15) is 0 Å². The Hall–Kier alpha value is -2.44. The molecule has 0 saturated heterocycles. The van der Waals surface area contributed by atoms with E-state index in [9.17, 15) is 9.59 Å². The van der Waals surface area contributed by atoms with Crippen molar-refractivity contribution in [1.82, 2.24) is 0 Å². The van der Waals surface area contributed by atoms with Crippen LogP contribution in [0.2, 0.25) is 10.0 Å². The van der Waals surface area contributed by atoms with Gasteiger partial charge in [0.15, 0.2) is 17.6 Å². The van der Waals surface area contributed by atoms with Crippen LogP contribution < -0.4 is 14.8 Å². The highest BCUT2D eigenvalue weighted by Crippen LogP contribution is 2.30. The van der Waals surface area contributed by atoms with Crippen molar-refractivity contribution in [2.45, 2.75) is 13.0 Å². The number of rotatable bonds is 6. The van der Waals surface area contributed by atoms with Crippen molar-refractivity contribution in [3.63, 3.8) is 0 Å². The molecule has 138 valence electrons. The third-order valence-corrected chi connectivity index (χ3v) is 4.10. The molecule has 0 saturated carbocycles. The van der Waals surface area contributed by atoms with E-state index in [1.807, 2.05) is 0 Å². The van der Waals surface area contributed by atoms with Gasteiger partial charge >= 0.3 is 5.97 Å². The summed E-state index contributed by atoms with van der Waals surface area (Å²) < 4.78 is 15.5. The Morgan fingerprint density at radius 1 is 1.00 bits per heavy atom. The quantitative estimate of drug-likeness (QED) is 0.739. The Labute approximate surface area is 160 Å². The molecule has 6 nitrogen and oxygen atoms in total. The van der Waals surface area contributed by atoms with Gasteiger partial charge in [-0.25, -0.2) is 4.79 Å². The van der Waals surface area contributed by atoms with Gasteiger partial charge in [0.25, 0.3) is 5.91 Å². The van der Waals surface area contributed by atoms with E-state index >= 15 is 0 Å². The highest BCUT2D eigenvalue weighted by Gasteiger charge is 2.23. The van der Waals surface area contributed by atoms with Crippen molar-refractivity contribution < 1.29 is 23.8 Å². The lowest BCUT2D eigenvalue weighted by Crippen LogP contribution is -2.30. The average Bonchev–Trinajstić information content (AvgIpc) is 2.61. The van der Waals surface area contributed by atoms with Gasteiger partial charge in [0, 0.05) is 11.8 Å². The molecule has 2 rings (SSSR count). The van der Waals surface area contributed by atoms with Crippen LogP contribution in [0, 0.1) is 0 Å². The molecule has 1 unspecified atom stereocenters. The summed E-state index contributed by atoms with van der Waals surface area (Å²) in [6, 6.07) is 9.51. The minimum atomic E-state index is -1.07. The van der Waals surface area contributed by atoms with E-state index in [4.69, 9.17) is 37.4 Å². The van der Waals surface area contributed by atoms with E-state index in [1.165, 1.54) is 33.3 Å². The molecule has 0 aliphatic rings. The topological polar surface area (TPSA) is 73.9 Å². The molecular formula is C18H17Cl2NO5. The zero-order chi connectivity index (χ0) is 19.3. The number of carbonyl (C=O) groups is 2. The first kappa shape index (κ1) is 19.9.